The van der Waals surface area contributed by atoms with Crippen LogP contribution in [0.25, 0.3) is 11.1 Å². The molecule has 27 heavy (non-hydrogen) atoms. The highest BCUT2D eigenvalue weighted by molar-refractivity contribution is 7.15. The molecule has 1 aromatic heterocycles. The van der Waals surface area contributed by atoms with Gasteiger partial charge in [-0.2, -0.15) is 0 Å². The number of carboxylic acid groups (broad SMARTS) is 1. The van der Waals surface area contributed by atoms with Crippen molar-refractivity contribution >= 4 is 62.8 Å². The standard InChI is InChI=1S/C18H11Cl3FNO3S/c1-26-16-14(20)11(19)6-12(15(16)21)23-17-13(18(24)25)10(7-27-17)8-3-2-4-9(22)5-8/h2-7,23H,1H3,(H,24,25). The van der Waals surface area contributed by atoms with Gasteiger partial charge in [-0.1, -0.05) is 46.9 Å². The highest BCUT2D eigenvalue weighted by atomic mass is 35.5. The molecule has 0 aliphatic rings. The van der Waals surface area contributed by atoms with Crippen LogP contribution in [0.2, 0.25) is 15.1 Å². The van der Waals surface area contributed by atoms with Gasteiger partial charge in [0.25, 0.3) is 0 Å². The molecule has 0 saturated heterocycles. The summed E-state index contributed by atoms with van der Waals surface area (Å²) in [7, 11) is 1.39. The highest BCUT2D eigenvalue weighted by Crippen LogP contribution is 2.45. The second kappa shape index (κ2) is 7.94. The van der Waals surface area contributed by atoms with Gasteiger partial charge in [0.15, 0.2) is 5.75 Å². The minimum Gasteiger partial charge on any atom is -0.493 e. The van der Waals surface area contributed by atoms with Crippen molar-refractivity contribution in [2.75, 3.05) is 12.4 Å². The molecular formula is C18H11Cl3FNO3S. The molecule has 0 radical (unpaired) electrons. The van der Waals surface area contributed by atoms with Crippen LogP contribution in [0.1, 0.15) is 10.4 Å². The van der Waals surface area contributed by atoms with Crippen molar-refractivity contribution < 1.29 is 19.0 Å². The number of carboxylic acids is 1. The SMILES string of the molecule is COc1c(Cl)c(Cl)cc(Nc2scc(-c3cccc(F)c3)c2C(=O)O)c1Cl. The Morgan fingerprint density at radius 3 is 2.59 bits per heavy atom. The van der Waals surface area contributed by atoms with E-state index in [0.717, 1.165) is 11.3 Å². The van der Waals surface area contributed by atoms with Crippen LogP contribution in [-0.2, 0) is 0 Å². The molecule has 2 N–H and O–H groups in total. The maximum Gasteiger partial charge on any atom is 0.339 e. The first-order valence-electron chi connectivity index (χ1n) is 7.42. The summed E-state index contributed by atoms with van der Waals surface area (Å²) in [5.74, 6) is -1.45. The summed E-state index contributed by atoms with van der Waals surface area (Å²) < 4.78 is 18.7. The fourth-order valence-corrected chi connectivity index (χ4v) is 4.22. The van der Waals surface area contributed by atoms with E-state index in [0.29, 0.717) is 21.8 Å². The van der Waals surface area contributed by atoms with E-state index in [-0.39, 0.29) is 26.4 Å². The maximum absolute atomic E-state index is 13.5. The van der Waals surface area contributed by atoms with E-state index in [2.05, 4.69) is 5.32 Å². The third-order valence-corrected chi connectivity index (χ3v) is 5.75. The van der Waals surface area contributed by atoms with Gasteiger partial charge >= 0.3 is 5.97 Å². The van der Waals surface area contributed by atoms with E-state index >= 15 is 0 Å². The predicted octanol–water partition coefficient (Wildman–Crippen LogP) is 6.96. The Hall–Kier alpha value is -1.99. The summed E-state index contributed by atoms with van der Waals surface area (Å²) in [6.45, 7) is 0. The molecule has 0 spiro atoms. The van der Waals surface area contributed by atoms with Crippen molar-refractivity contribution in [3.8, 4) is 16.9 Å². The molecule has 0 aliphatic heterocycles. The summed E-state index contributed by atoms with van der Waals surface area (Å²) in [6.07, 6.45) is 0. The Labute approximate surface area is 173 Å². The van der Waals surface area contributed by atoms with Crippen LogP contribution in [0, 0.1) is 5.82 Å². The first-order valence-corrected chi connectivity index (χ1v) is 9.44. The normalized spacial score (nSPS) is 10.7. The number of nitrogens with one attached hydrogen (secondary N) is 1. The predicted molar refractivity (Wildman–Crippen MR) is 108 cm³/mol. The molecule has 3 rings (SSSR count). The topological polar surface area (TPSA) is 58.6 Å². The van der Waals surface area contributed by atoms with Gasteiger partial charge in [-0.05, 0) is 23.8 Å². The van der Waals surface area contributed by atoms with E-state index in [4.69, 9.17) is 39.5 Å². The molecule has 0 unspecified atom stereocenters. The number of hydrogen-bond acceptors (Lipinski definition) is 4. The Morgan fingerprint density at radius 1 is 1.22 bits per heavy atom. The van der Waals surface area contributed by atoms with Crippen LogP contribution < -0.4 is 10.1 Å². The van der Waals surface area contributed by atoms with Gasteiger partial charge in [-0.25, -0.2) is 9.18 Å². The van der Waals surface area contributed by atoms with Crippen molar-refractivity contribution in [2.24, 2.45) is 0 Å². The Kier molecular flexibility index (Phi) is 5.81. The lowest BCUT2D eigenvalue weighted by molar-refractivity contribution is 0.0699. The van der Waals surface area contributed by atoms with Gasteiger partial charge in [0.1, 0.15) is 26.4 Å². The van der Waals surface area contributed by atoms with E-state index in [1.807, 2.05) is 0 Å². The minimum absolute atomic E-state index is 0.00768. The molecule has 4 nitrogen and oxygen atoms in total. The summed E-state index contributed by atoms with van der Waals surface area (Å²) in [5.41, 5.74) is 1.16. The van der Waals surface area contributed by atoms with Gasteiger partial charge in [0.2, 0.25) is 0 Å². The number of aromatic carboxylic acids is 1. The molecule has 0 atom stereocenters. The summed E-state index contributed by atoms with van der Waals surface area (Å²) >= 11 is 19.6. The molecule has 0 fully saturated rings. The van der Waals surface area contributed by atoms with Crippen molar-refractivity contribution in [1.29, 1.82) is 0 Å². The molecule has 0 bridgehead atoms. The third-order valence-electron chi connectivity index (χ3n) is 3.71. The lowest BCUT2D eigenvalue weighted by atomic mass is 10.0. The number of halogens is 4. The Bertz CT molecular complexity index is 1040. The second-order valence-corrected chi connectivity index (χ2v) is 7.40. The van der Waals surface area contributed by atoms with Crippen molar-refractivity contribution in [3.63, 3.8) is 0 Å². The van der Waals surface area contributed by atoms with E-state index in [9.17, 15) is 14.3 Å². The molecule has 9 heteroatoms. The zero-order valence-corrected chi connectivity index (χ0v) is 16.7. The number of thiophene rings is 1. The van der Waals surface area contributed by atoms with Crippen molar-refractivity contribution in [3.05, 3.63) is 62.2 Å². The lowest BCUT2D eigenvalue weighted by Gasteiger charge is -2.14. The zero-order valence-electron chi connectivity index (χ0n) is 13.6. The van der Waals surface area contributed by atoms with Gasteiger partial charge in [-0.15, -0.1) is 11.3 Å². The van der Waals surface area contributed by atoms with E-state index in [1.54, 1.807) is 11.4 Å². The molecule has 2 aromatic carbocycles. The molecule has 3 aromatic rings. The molecular weight excluding hydrogens is 436 g/mol. The third kappa shape index (κ3) is 3.84. The van der Waals surface area contributed by atoms with Crippen LogP contribution >= 0.6 is 46.1 Å². The molecule has 0 aliphatic carbocycles. The molecule has 140 valence electrons. The number of hydrogen-bond donors (Lipinski definition) is 2. The average Bonchev–Trinajstić information content (AvgIpc) is 3.04. The van der Waals surface area contributed by atoms with E-state index in [1.165, 1.54) is 31.4 Å². The first kappa shape index (κ1) is 19.8. The molecule has 1 heterocycles. The minimum atomic E-state index is -1.17. The fraction of sp³-hybridized carbons (Fsp3) is 0.0556. The number of benzene rings is 2. The van der Waals surface area contributed by atoms with Gasteiger partial charge in [0.05, 0.1) is 17.8 Å². The Balaban J connectivity index is 2.10. The van der Waals surface area contributed by atoms with Crippen LogP contribution in [0.4, 0.5) is 15.1 Å². The summed E-state index contributed by atoms with van der Waals surface area (Å²) in [5, 5.41) is 15.1. The van der Waals surface area contributed by atoms with Crippen LogP contribution in [-0.4, -0.2) is 18.2 Å². The number of anilines is 2. The van der Waals surface area contributed by atoms with Gasteiger partial charge in [0, 0.05) is 10.9 Å². The molecule has 0 amide bonds. The largest absolute Gasteiger partial charge is 0.493 e. The first-order chi connectivity index (χ1) is 12.8. The monoisotopic (exact) mass is 445 g/mol. The van der Waals surface area contributed by atoms with Crippen molar-refractivity contribution in [1.82, 2.24) is 0 Å². The van der Waals surface area contributed by atoms with Crippen LogP contribution in [0.15, 0.2) is 35.7 Å². The van der Waals surface area contributed by atoms with Crippen molar-refractivity contribution in [2.45, 2.75) is 0 Å². The zero-order chi connectivity index (χ0) is 19.7. The maximum atomic E-state index is 13.5. The molecule has 0 saturated carbocycles. The number of carbonyl (C=O) groups is 1. The van der Waals surface area contributed by atoms with E-state index < -0.39 is 11.8 Å². The second-order valence-electron chi connectivity index (χ2n) is 5.36. The smallest absolute Gasteiger partial charge is 0.339 e. The highest BCUT2D eigenvalue weighted by Gasteiger charge is 2.22. The van der Waals surface area contributed by atoms with Crippen LogP contribution in [0.5, 0.6) is 5.75 Å². The summed E-state index contributed by atoms with van der Waals surface area (Å²) in [4.78, 5) is 11.8. The fourth-order valence-electron chi connectivity index (χ4n) is 2.50. The quantitative estimate of drug-likeness (QED) is 0.416. The lowest BCUT2D eigenvalue weighted by Crippen LogP contribution is -2.02. The average molecular weight is 447 g/mol. The number of rotatable bonds is 5. The number of methoxy groups -OCH3 is 1. The van der Waals surface area contributed by atoms with Gasteiger partial charge in [-0.3, -0.25) is 0 Å². The Morgan fingerprint density at radius 2 is 1.96 bits per heavy atom. The summed E-state index contributed by atoms with van der Waals surface area (Å²) in [6, 6.07) is 7.19. The van der Waals surface area contributed by atoms with Crippen LogP contribution in [0.3, 0.4) is 0 Å². The van der Waals surface area contributed by atoms with Gasteiger partial charge < -0.3 is 15.2 Å². The number of ether oxygens (including phenoxy) is 1.